The van der Waals surface area contributed by atoms with Gasteiger partial charge in [-0.25, -0.2) is 0 Å². The molecule has 1 aromatic heterocycles. The summed E-state index contributed by atoms with van der Waals surface area (Å²) in [5.74, 6) is 2.02. The number of aromatic nitrogens is 1. The molecule has 0 fully saturated rings. The Balaban J connectivity index is 2.00. The number of aryl methyl sites for hydroxylation is 1. The lowest BCUT2D eigenvalue weighted by Gasteiger charge is -2.00. The van der Waals surface area contributed by atoms with E-state index in [-0.39, 0.29) is 12.6 Å². The van der Waals surface area contributed by atoms with E-state index in [9.17, 15) is 4.79 Å². The molecule has 0 unspecified atom stereocenters. The Labute approximate surface area is 99.8 Å². The van der Waals surface area contributed by atoms with E-state index in [1.807, 2.05) is 30.5 Å². The number of para-hydroxylation sites is 1. The summed E-state index contributed by atoms with van der Waals surface area (Å²) in [5, 5.41) is 1.15. The largest absolute Gasteiger partial charge is 0.452 e. The summed E-state index contributed by atoms with van der Waals surface area (Å²) in [5.41, 5.74) is 2.21. The predicted octanol–water partition coefficient (Wildman–Crippen LogP) is 2.28. The smallest absolute Gasteiger partial charge is 0.307 e. The lowest BCUT2D eigenvalue weighted by atomic mass is 10.1. The van der Waals surface area contributed by atoms with Crippen molar-refractivity contribution in [3.63, 3.8) is 0 Å². The van der Waals surface area contributed by atoms with E-state index in [0.29, 0.717) is 12.8 Å². The zero-order chi connectivity index (χ0) is 12.1. The standard InChI is InChI=1S/C14H13NO2/c1-2-9-17-14(16)8-7-11-10-15-13-6-4-3-5-12(11)13/h1,3-6,10,15H,7-9H2. The van der Waals surface area contributed by atoms with Crippen molar-refractivity contribution in [2.75, 3.05) is 6.61 Å². The Bertz CT molecular complexity index is 563. The first-order valence-electron chi connectivity index (χ1n) is 5.45. The van der Waals surface area contributed by atoms with Gasteiger partial charge in [-0.3, -0.25) is 4.79 Å². The number of fused-ring (bicyclic) bond motifs is 1. The fourth-order valence-electron chi connectivity index (χ4n) is 1.77. The maximum atomic E-state index is 11.3. The Morgan fingerprint density at radius 3 is 3.06 bits per heavy atom. The van der Waals surface area contributed by atoms with E-state index in [2.05, 4.69) is 10.9 Å². The lowest BCUT2D eigenvalue weighted by Crippen LogP contribution is -2.05. The first kappa shape index (κ1) is 11.3. The van der Waals surface area contributed by atoms with Crippen LogP contribution in [0.3, 0.4) is 0 Å². The zero-order valence-electron chi connectivity index (χ0n) is 9.40. The van der Waals surface area contributed by atoms with Crippen molar-refractivity contribution in [3.05, 3.63) is 36.0 Å². The van der Waals surface area contributed by atoms with E-state index >= 15 is 0 Å². The number of aromatic amines is 1. The SMILES string of the molecule is C#CCOC(=O)CCc1c[nH]c2ccccc12. The third kappa shape index (κ3) is 2.67. The van der Waals surface area contributed by atoms with E-state index in [4.69, 9.17) is 11.2 Å². The molecule has 86 valence electrons. The molecule has 0 atom stereocenters. The monoisotopic (exact) mass is 227 g/mol. The normalized spacial score (nSPS) is 10.1. The Kier molecular flexibility index (Phi) is 3.46. The molecule has 0 aliphatic heterocycles. The molecule has 17 heavy (non-hydrogen) atoms. The molecule has 3 heteroatoms. The second kappa shape index (κ2) is 5.22. The summed E-state index contributed by atoms with van der Waals surface area (Å²) >= 11 is 0. The molecule has 1 aromatic carbocycles. The highest BCUT2D eigenvalue weighted by Crippen LogP contribution is 2.18. The predicted molar refractivity (Wildman–Crippen MR) is 66.4 cm³/mol. The minimum atomic E-state index is -0.256. The van der Waals surface area contributed by atoms with Crippen LogP contribution in [-0.2, 0) is 16.0 Å². The minimum Gasteiger partial charge on any atom is -0.452 e. The minimum absolute atomic E-state index is 0.0483. The van der Waals surface area contributed by atoms with E-state index in [0.717, 1.165) is 16.5 Å². The van der Waals surface area contributed by atoms with Gasteiger partial charge in [0.15, 0.2) is 6.61 Å². The molecule has 0 spiro atoms. The maximum absolute atomic E-state index is 11.3. The molecule has 1 heterocycles. The van der Waals surface area contributed by atoms with Crippen molar-refractivity contribution >= 4 is 16.9 Å². The van der Waals surface area contributed by atoms with E-state index < -0.39 is 0 Å². The Hall–Kier alpha value is -2.21. The van der Waals surface area contributed by atoms with Crippen LogP contribution in [0.15, 0.2) is 30.5 Å². The Morgan fingerprint density at radius 2 is 2.24 bits per heavy atom. The summed E-state index contributed by atoms with van der Waals surface area (Å²) < 4.78 is 4.82. The number of ether oxygens (including phenoxy) is 1. The number of H-pyrrole nitrogens is 1. The van der Waals surface area contributed by atoms with Gasteiger partial charge in [-0.2, -0.15) is 0 Å². The van der Waals surface area contributed by atoms with Gasteiger partial charge in [-0.05, 0) is 18.1 Å². The molecule has 0 saturated heterocycles. The molecule has 1 N–H and O–H groups in total. The molecule has 3 nitrogen and oxygen atoms in total. The van der Waals surface area contributed by atoms with Gasteiger partial charge in [0.1, 0.15) is 0 Å². The summed E-state index contributed by atoms with van der Waals surface area (Å²) in [7, 11) is 0. The van der Waals surface area contributed by atoms with Crippen LogP contribution in [0.2, 0.25) is 0 Å². The van der Waals surface area contributed by atoms with E-state index in [1.165, 1.54) is 0 Å². The van der Waals surface area contributed by atoms with Gasteiger partial charge in [-0.1, -0.05) is 24.1 Å². The van der Waals surface area contributed by atoms with Crippen LogP contribution in [0.25, 0.3) is 10.9 Å². The fraction of sp³-hybridized carbons (Fsp3) is 0.214. The quantitative estimate of drug-likeness (QED) is 0.643. The van der Waals surface area contributed by atoms with Gasteiger partial charge in [0.2, 0.25) is 0 Å². The number of terminal acetylenes is 1. The summed E-state index contributed by atoms with van der Waals surface area (Å²) in [6.45, 7) is 0.0483. The van der Waals surface area contributed by atoms with Gasteiger partial charge in [0.05, 0.1) is 0 Å². The average molecular weight is 227 g/mol. The van der Waals surface area contributed by atoms with Crippen LogP contribution in [0.4, 0.5) is 0 Å². The molecular formula is C14H13NO2. The second-order valence-electron chi connectivity index (χ2n) is 3.72. The summed E-state index contributed by atoms with van der Waals surface area (Å²) in [6.07, 6.45) is 7.95. The van der Waals surface area contributed by atoms with Gasteiger partial charge < -0.3 is 9.72 Å². The van der Waals surface area contributed by atoms with E-state index in [1.54, 1.807) is 0 Å². The molecule has 0 aliphatic rings. The highest BCUT2D eigenvalue weighted by Gasteiger charge is 2.06. The highest BCUT2D eigenvalue weighted by atomic mass is 16.5. The first-order chi connectivity index (χ1) is 8.31. The number of benzene rings is 1. The van der Waals surface area contributed by atoms with Crippen molar-refractivity contribution in [2.24, 2.45) is 0 Å². The maximum Gasteiger partial charge on any atom is 0.307 e. The van der Waals surface area contributed by atoms with Crippen molar-refractivity contribution < 1.29 is 9.53 Å². The number of carbonyl (C=O) groups excluding carboxylic acids is 1. The van der Waals surface area contributed by atoms with Gasteiger partial charge in [0, 0.05) is 23.5 Å². The molecule has 0 saturated carbocycles. The summed E-state index contributed by atoms with van der Waals surface area (Å²) in [4.78, 5) is 14.5. The number of esters is 1. The van der Waals surface area contributed by atoms with Crippen molar-refractivity contribution in [1.82, 2.24) is 4.98 Å². The molecule has 2 rings (SSSR count). The lowest BCUT2D eigenvalue weighted by molar-refractivity contribution is -0.142. The van der Waals surface area contributed by atoms with Crippen LogP contribution >= 0.6 is 0 Å². The van der Waals surface area contributed by atoms with Gasteiger partial charge in [0.25, 0.3) is 0 Å². The molecule has 2 aromatic rings. The van der Waals surface area contributed by atoms with Gasteiger partial charge >= 0.3 is 5.97 Å². The fourth-order valence-corrected chi connectivity index (χ4v) is 1.77. The highest BCUT2D eigenvalue weighted by molar-refractivity contribution is 5.83. The van der Waals surface area contributed by atoms with Crippen LogP contribution in [0.5, 0.6) is 0 Å². The van der Waals surface area contributed by atoms with Crippen LogP contribution in [-0.4, -0.2) is 17.6 Å². The second-order valence-corrected chi connectivity index (χ2v) is 3.72. The van der Waals surface area contributed by atoms with Crippen LogP contribution < -0.4 is 0 Å². The Morgan fingerprint density at radius 1 is 1.41 bits per heavy atom. The van der Waals surface area contributed by atoms with Crippen LogP contribution in [0.1, 0.15) is 12.0 Å². The molecule has 0 bridgehead atoms. The number of nitrogens with one attached hydrogen (secondary N) is 1. The molecule has 0 aliphatic carbocycles. The average Bonchev–Trinajstić information content (AvgIpc) is 2.77. The molecule has 0 radical (unpaired) electrons. The first-order valence-corrected chi connectivity index (χ1v) is 5.45. The number of hydrogen-bond acceptors (Lipinski definition) is 2. The van der Waals surface area contributed by atoms with Gasteiger partial charge in [-0.15, -0.1) is 6.42 Å². The zero-order valence-corrected chi connectivity index (χ0v) is 9.40. The number of carbonyl (C=O) groups is 1. The summed E-state index contributed by atoms with van der Waals surface area (Å²) in [6, 6.07) is 8.00. The topological polar surface area (TPSA) is 42.1 Å². The number of hydrogen-bond donors (Lipinski definition) is 1. The van der Waals surface area contributed by atoms with Crippen molar-refractivity contribution in [3.8, 4) is 12.3 Å². The molecular weight excluding hydrogens is 214 g/mol. The number of rotatable bonds is 4. The third-order valence-electron chi connectivity index (χ3n) is 2.59. The third-order valence-corrected chi connectivity index (χ3v) is 2.59. The van der Waals surface area contributed by atoms with Crippen LogP contribution in [0, 0.1) is 12.3 Å². The van der Waals surface area contributed by atoms with Crippen molar-refractivity contribution in [2.45, 2.75) is 12.8 Å². The van der Waals surface area contributed by atoms with Crippen molar-refractivity contribution in [1.29, 1.82) is 0 Å². The molecule has 0 amide bonds.